The summed E-state index contributed by atoms with van der Waals surface area (Å²) in [5, 5.41) is 17.8. The highest BCUT2D eigenvalue weighted by Gasteiger charge is 2.23. The van der Waals surface area contributed by atoms with Crippen molar-refractivity contribution in [3.63, 3.8) is 0 Å². The molecule has 0 saturated heterocycles. The Hall–Kier alpha value is -2.11. The van der Waals surface area contributed by atoms with Gasteiger partial charge in [0.25, 0.3) is 0 Å². The van der Waals surface area contributed by atoms with E-state index in [2.05, 4.69) is 10.4 Å². The average molecular weight is 334 g/mol. The summed E-state index contributed by atoms with van der Waals surface area (Å²) in [7, 11) is 1.74. The van der Waals surface area contributed by atoms with Crippen LogP contribution in [0.4, 0.5) is 0 Å². The minimum atomic E-state index is -1.13. The average Bonchev–Trinajstić information content (AvgIpc) is 2.77. The molecule has 5 nitrogen and oxygen atoms in total. The van der Waals surface area contributed by atoms with E-state index in [4.69, 9.17) is 11.6 Å². The summed E-state index contributed by atoms with van der Waals surface area (Å²) in [4.78, 5) is 11.9. The van der Waals surface area contributed by atoms with Crippen molar-refractivity contribution in [2.75, 3.05) is 6.54 Å². The molecule has 0 fully saturated rings. The first-order valence-corrected chi connectivity index (χ1v) is 7.62. The Bertz CT molecular complexity index is 721. The van der Waals surface area contributed by atoms with Crippen molar-refractivity contribution < 1.29 is 9.90 Å². The van der Waals surface area contributed by atoms with Gasteiger partial charge in [-0.3, -0.25) is 9.48 Å². The summed E-state index contributed by atoms with van der Waals surface area (Å²) in [5.74, 6) is -0.305. The van der Waals surface area contributed by atoms with Crippen LogP contribution in [0.5, 0.6) is 0 Å². The summed E-state index contributed by atoms with van der Waals surface area (Å²) >= 11 is 6.10. The van der Waals surface area contributed by atoms with E-state index in [1.54, 1.807) is 24.7 Å². The zero-order valence-electron chi connectivity index (χ0n) is 13.4. The maximum absolute atomic E-state index is 11.9. The number of rotatable bonds is 5. The molecule has 0 radical (unpaired) electrons. The molecular weight excluding hydrogens is 314 g/mol. The number of nitrogens with zero attached hydrogens (tertiary/aromatic N) is 2. The lowest BCUT2D eigenvalue weighted by molar-refractivity contribution is -0.117. The van der Waals surface area contributed by atoms with E-state index < -0.39 is 5.60 Å². The van der Waals surface area contributed by atoms with Gasteiger partial charge in [-0.05, 0) is 25.5 Å². The van der Waals surface area contributed by atoms with E-state index >= 15 is 0 Å². The number of benzene rings is 1. The van der Waals surface area contributed by atoms with Gasteiger partial charge in [-0.2, -0.15) is 5.10 Å². The van der Waals surface area contributed by atoms with Crippen molar-refractivity contribution in [1.29, 1.82) is 0 Å². The molecule has 1 heterocycles. The summed E-state index contributed by atoms with van der Waals surface area (Å²) in [6, 6.07) is 9.21. The predicted octanol–water partition coefficient (Wildman–Crippen LogP) is 2.42. The smallest absolute Gasteiger partial charge is 0.244 e. The minimum absolute atomic E-state index is 0.111. The predicted molar refractivity (Wildman–Crippen MR) is 91.0 cm³/mol. The normalized spacial score (nSPS) is 14.0. The highest BCUT2D eigenvalue weighted by atomic mass is 35.5. The molecule has 122 valence electrons. The SMILES string of the molecule is Cc1nn(C)c(Cl)c1C=CC(=O)NCC(C)(O)c1ccccc1. The van der Waals surface area contributed by atoms with Gasteiger partial charge in [-0.1, -0.05) is 41.9 Å². The van der Waals surface area contributed by atoms with Gasteiger partial charge in [-0.15, -0.1) is 0 Å². The fourth-order valence-corrected chi connectivity index (χ4v) is 2.45. The Kier molecular flexibility index (Phi) is 5.23. The fraction of sp³-hybridized carbons (Fsp3) is 0.294. The third-order valence-corrected chi connectivity index (χ3v) is 4.05. The van der Waals surface area contributed by atoms with Crippen molar-refractivity contribution in [2.24, 2.45) is 7.05 Å². The first kappa shape index (κ1) is 17.2. The molecule has 1 aromatic heterocycles. The molecule has 6 heteroatoms. The third-order valence-electron chi connectivity index (χ3n) is 3.60. The van der Waals surface area contributed by atoms with Gasteiger partial charge in [0, 0.05) is 18.7 Å². The largest absolute Gasteiger partial charge is 0.384 e. The maximum Gasteiger partial charge on any atom is 0.244 e. The van der Waals surface area contributed by atoms with Crippen molar-refractivity contribution in [3.05, 3.63) is 58.4 Å². The molecule has 1 atom stereocenters. The van der Waals surface area contributed by atoms with Crippen LogP contribution in [0.25, 0.3) is 6.08 Å². The van der Waals surface area contributed by atoms with E-state index in [0.29, 0.717) is 10.7 Å². The number of amides is 1. The molecule has 2 aromatic rings. The monoisotopic (exact) mass is 333 g/mol. The van der Waals surface area contributed by atoms with Gasteiger partial charge in [0.1, 0.15) is 10.8 Å². The standard InChI is InChI=1S/C17H20ClN3O2/c1-12-14(16(18)21(3)20-12)9-10-15(22)19-11-17(2,23)13-7-5-4-6-8-13/h4-10,23H,11H2,1-3H3,(H,19,22). The molecule has 1 unspecified atom stereocenters. The third kappa shape index (κ3) is 4.21. The number of aryl methyl sites for hydroxylation is 2. The summed E-state index contributed by atoms with van der Waals surface area (Å²) in [6.45, 7) is 3.60. The molecular formula is C17H20ClN3O2. The van der Waals surface area contributed by atoms with Gasteiger partial charge in [0.2, 0.25) is 5.91 Å². The van der Waals surface area contributed by atoms with Crippen LogP contribution >= 0.6 is 11.6 Å². The number of hydrogen-bond acceptors (Lipinski definition) is 3. The summed E-state index contributed by atoms with van der Waals surface area (Å²) in [5.41, 5.74) is 1.07. The van der Waals surface area contributed by atoms with Crippen molar-refractivity contribution in [1.82, 2.24) is 15.1 Å². The number of carbonyl (C=O) groups is 1. The Morgan fingerprint density at radius 1 is 1.43 bits per heavy atom. The molecule has 23 heavy (non-hydrogen) atoms. The molecule has 0 saturated carbocycles. The molecule has 1 amide bonds. The highest BCUT2D eigenvalue weighted by molar-refractivity contribution is 6.31. The Balaban J connectivity index is 1.99. The number of nitrogens with one attached hydrogen (secondary N) is 1. The zero-order valence-corrected chi connectivity index (χ0v) is 14.1. The van der Waals surface area contributed by atoms with E-state index in [0.717, 1.165) is 11.3 Å². The molecule has 1 aromatic carbocycles. The number of hydrogen-bond donors (Lipinski definition) is 2. The van der Waals surface area contributed by atoms with E-state index in [1.165, 1.54) is 6.08 Å². The number of carbonyl (C=O) groups excluding carboxylic acids is 1. The van der Waals surface area contributed by atoms with Crippen LogP contribution < -0.4 is 5.32 Å². The van der Waals surface area contributed by atoms with Crippen molar-refractivity contribution >= 4 is 23.6 Å². The Morgan fingerprint density at radius 3 is 2.65 bits per heavy atom. The van der Waals surface area contributed by atoms with Gasteiger partial charge in [0.15, 0.2) is 0 Å². The Morgan fingerprint density at radius 2 is 2.09 bits per heavy atom. The topological polar surface area (TPSA) is 67.2 Å². The highest BCUT2D eigenvalue weighted by Crippen LogP contribution is 2.20. The lowest BCUT2D eigenvalue weighted by Gasteiger charge is -2.23. The van der Waals surface area contributed by atoms with Crippen LogP contribution in [-0.2, 0) is 17.4 Å². The lowest BCUT2D eigenvalue weighted by Crippen LogP contribution is -2.37. The van der Waals surface area contributed by atoms with Crippen LogP contribution in [0.1, 0.15) is 23.7 Å². The zero-order chi connectivity index (χ0) is 17.0. The number of halogens is 1. The van der Waals surface area contributed by atoms with Crippen LogP contribution in [0.15, 0.2) is 36.4 Å². The van der Waals surface area contributed by atoms with Crippen molar-refractivity contribution in [2.45, 2.75) is 19.4 Å². The van der Waals surface area contributed by atoms with Crippen LogP contribution in [0.3, 0.4) is 0 Å². The second-order valence-electron chi connectivity index (χ2n) is 5.60. The summed E-state index contributed by atoms with van der Waals surface area (Å²) < 4.78 is 1.55. The number of aromatic nitrogens is 2. The second-order valence-corrected chi connectivity index (χ2v) is 5.96. The van der Waals surface area contributed by atoms with E-state index in [1.807, 2.05) is 37.3 Å². The van der Waals surface area contributed by atoms with Crippen LogP contribution in [0.2, 0.25) is 5.15 Å². The molecule has 0 aliphatic carbocycles. The molecule has 2 N–H and O–H groups in total. The first-order chi connectivity index (χ1) is 10.8. The molecule has 0 bridgehead atoms. The molecule has 0 aliphatic rings. The molecule has 0 aliphatic heterocycles. The van der Waals surface area contributed by atoms with Gasteiger partial charge in [0.05, 0.1) is 12.2 Å². The quantitative estimate of drug-likeness (QED) is 0.826. The fourth-order valence-electron chi connectivity index (χ4n) is 2.21. The van der Waals surface area contributed by atoms with Crippen molar-refractivity contribution in [3.8, 4) is 0 Å². The van der Waals surface area contributed by atoms with Gasteiger partial charge >= 0.3 is 0 Å². The molecule has 0 spiro atoms. The Labute approximate surface area is 140 Å². The lowest BCUT2D eigenvalue weighted by atomic mass is 9.96. The minimum Gasteiger partial charge on any atom is -0.384 e. The second kappa shape index (κ2) is 6.98. The van der Waals surface area contributed by atoms with Gasteiger partial charge in [-0.25, -0.2) is 0 Å². The van der Waals surface area contributed by atoms with Gasteiger partial charge < -0.3 is 10.4 Å². The molecule has 2 rings (SSSR count). The number of aliphatic hydroxyl groups is 1. The van der Waals surface area contributed by atoms with Crippen LogP contribution in [-0.4, -0.2) is 27.3 Å². The summed E-state index contributed by atoms with van der Waals surface area (Å²) in [6.07, 6.45) is 3.01. The first-order valence-electron chi connectivity index (χ1n) is 7.24. The van der Waals surface area contributed by atoms with Crippen LogP contribution in [0, 0.1) is 6.92 Å². The van der Waals surface area contributed by atoms with E-state index in [9.17, 15) is 9.90 Å². The maximum atomic E-state index is 11.9. The van der Waals surface area contributed by atoms with E-state index in [-0.39, 0.29) is 12.5 Å².